The van der Waals surface area contributed by atoms with Crippen LogP contribution in [0.5, 0.6) is 5.75 Å². The summed E-state index contributed by atoms with van der Waals surface area (Å²) in [6, 6.07) is 12.6. The monoisotopic (exact) mass is 445 g/mol. The Bertz CT molecular complexity index is 904. The van der Waals surface area contributed by atoms with Crippen molar-refractivity contribution in [3.8, 4) is 5.75 Å². The van der Waals surface area contributed by atoms with Gasteiger partial charge in [-0.1, -0.05) is 12.5 Å². The van der Waals surface area contributed by atoms with Gasteiger partial charge in [0.2, 0.25) is 0 Å². The molecule has 1 N–H and O–H groups in total. The van der Waals surface area contributed by atoms with Gasteiger partial charge < -0.3 is 19.3 Å². The summed E-state index contributed by atoms with van der Waals surface area (Å²) in [4.78, 5) is 25.0. The molecule has 8 heteroatoms. The van der Waals surface area contributed by atoms with Gasteiger partial charge in [0, 0.05) is 0 Å². The Balaban J connectivity index is 1.65. The quantitative estimate of drug-likeness (QED) is 0.584. The molecule has 2 atom stereocenters. The minimum Gasteiger partial charge on any atom is -0.497 e. The van der Waals surface area contributed by atoms with Crippen LogP contribution in [0.25, 0.3) is 0 Å². The minimum atomic E-state index is -0.984. The van der Waals surface area contributed by atoms with Gasteiger partial charge in [-0.15, -0.1) is 0 Å². The summed E-state index contributed by atoms with van der Waals surface area (Å²) in [6.45, 7) is 0.314. The Morgan fingerprint density at radius 3 is 2.44 bits per heavy atom. The average molecular weight is 445 g/mol. The molecule has 1 aliphatic carbocycles. The van der Waals surface area contributed by atoms with Crippen LogP contribution in [0.3, 0.4) is 0 Å². The first kappa shape index (κ1) is 23.5. The Kier molecular flexibility index (Phi) is 8.44. The Morgan fingerprint density at radius 2 is 1.78 bits per heavy atom. The molecular formula is C24H28FNO6. The van der Waals surface area contributed by atoms with Gasteiger partial charge in [-0.05, 0) is 73.6 Å². The molecule has 1 fully saturated rings. The van der Waals surface area contributed by atoms with Gasteiger partial charge in [0.1, 0.15) is 18.2 Å². The van der Waals surface area contributed by atoms with Crippen molar-refractivity contribution in [3.63, 3.8) is 0 Å². The summed E-state index contributed by atoms with van der Waals surface area (Å²) in [5.74, 6) is -0.392. The molecule has 0 bridgehead atoms. The molecule has 0 aliphatic heterocycles. The molecule has 0 aromatic heterocycles. The minimum absolute atomic E-state index is 0.163. The van der Waals surface area contributed by atoms with Crippen LogP contribution in [-0.4, -0.2) is 44.1 Å². The second-order valence-corrected chi connectivity index (χ2v) is 7.90. The maximum atomic E-state index is 13.8. The average Bonchev–Trinajstić information content (AvgIpc) is 2.78. The van der Waals surface area contributed by atoms with E-state index in [0.29, 0.717) is 23.7 Å². The van der Waals surface area contributed by atoms with Crippen LogP contribution in [0.15, 0.2) is 48.5 Å². The van der Waals surface area contributed by atoms with Crippen LogP contribution in [0.2, 0.25) is 0 Å². The molecule has 0 saturated heterocycles. The Hall–Kier alpha value is -3.13. The molecule has 3 rings (SSSR count). The first-order valence-corrected chi connectivity index (χ1v) is 10.6. The fraction of sp³-hybridized carbons (Fsp3) is 0.417. The highest BCUT2D eigenvalue weighted by Crippen LogP contribution is 2.31. The third-order valence-corrected chi connectivity index (χ3v) is 5.49. The standard InChI is InChI=1S/C24H28FNO6/c1-30-22-10-8-20(9-11-22)26(21-7-3-6-19(25)13-21)24(29)32-15-18-5-2-4-17(12-18)14-31-16-23(27)28/h3,6-11,13,17-18H,2,4-5,12,14-16H2,1H3,(H,27,28). The number of aliphatic carboxylic acids is 1. The number of amides is 1. The number of carbonyl (C=O) groups excluding carboxylic acids is 1. The lowest BCUT2D eigenvalue weighted by Gasteiger charge is -2.29. The number of carboxylic acids is 1. The van der Waals surface area contributed by atoms with Crippen LogP contribution >= 0.6 is 0 Å². The first-order chi connectivity index (χ1) is 15.5. The molecule has 0 spiro atoms. The number of carboxylic acid groups (broad SMARTS) is 1. The van der Waals surface area contributed by atoms with Crippen LogP contribution in [0, 0.1) is 17.7 Å². The highest BCUT2D eigenvalue weighted by Gasteiger charge is 2.26. The number of anilines is 2. The van der Waals surface area contributed by atoms with Crippen molar-refractivity contribution < 1.29 is 33.3 Å². The van der Waals surface area contributed by atoms with E-state index in [1.165, 1.54) is 23.1 Å². The third kappa shape index (κ3) is 6.68. The van der Waals surface area contributed by atoms with Crippen molar-refractivity contribution in [2.24, 2.45) is 11.8 Å². The third-order valence-electron chi connectivity index (χ3n) is 5.49. The van der Waals surface area contributed by atoms with Gasteiger partial charge in [-0.2, -0.15) is 0 Å². The molecule has 7 nitrogen and oxygen atoms in total. The second-order valence-electron chi connectivity index (χ2n) is 7.90. The summed E-state index contributed by atoms with van der Waals surface area (Å²) >= 11 is 0. The first-order valence-electron chi connectivity index (χ1n) is 10.6. The van der Waals surface area contributed by atoms with E-state index in [1.807, 2.05) is 0 Å². The van der Waals surface area contributed by atoms with Crippen LogP contribution in [0.4, 0.5) is 20.6 Å². The zero-order valence-electron chi connectivity index (χ0n) is 18.0. The normalized spacial score (nSPS) is 18.1. The number of halogens is 1. The van der Waals surface area contributed by atoms with E-state index >= 15 is 0 Å². The fourth-order valence-electron chi connectivity index (χ4n) is 3.98. The summed E-state index contributed by atoms with van der Waals surface area (Å²) in [5.41, 5.74) is 0.897. The van der Waals surface area contributed by atoms with Gasteiger partial charge in [-0.25, -0.2) is 18.9 Å². The number of nitrogens with zero attached hydrogens (tertiary/aromatic N) is 1. The van der Waals surface area contributed by atoms with E-state index in [9.17, 15) is 14.0 Å². The van der Waals surface area contributed by atoms with Gasteiger partial charge in [0.25, 0.3) is 0 Å². The van der Waals surface area contributed by atoms with Crippen LogP contribution in [0.1, 0.15) is 25.7 Å². The molecule has 2 unspecified atom stereocenters. The molecule has 0 radical (unpaired) electrons. The van der Waals surface area contributed by atoms with E-state index in [2.05, 4.69) is 0 Å². The topological polar surface area (TPSA) is 85.3 Å². The number of hydrogen-bond donors (Lipinski definition) is 1. The van der Waals surface area contributed by atoms with E-state index < -0.39 is 17.9 Å². The number of rotatable bonds is 9. The molecule has 2 aromatic carbocycles. The van der Waals surface area contributed by atoms with Gasteiger partial charge >= 0.3 is 12.1 Å². The SMILES string of the molecule is COc1ccc(N(C(=O)OCC2CCCC(COCC(=O)O)C2)c2cccc(F)c2)cc1. The van der Waals surface area contributed by atoms with Gasteiger partial charge in [-0.3, -0.25) is 0 Å². The van der Waals surface area contributed by atoms with Gasteiger partial charge in [0.05, 0.1) is 31.7 Å². The second kappa shape index (κ2) is 11.5. The summed E-state index contributed by atoms with van der Waals surface area (Å²) in [6.07, 6.45) is 3.06. The molecule has 0 heterocycles. The zero-order valence-corrected chi connectivity index (χ0v) is 18.0. The van der Waals surface area contributed by atoms with Crippen molar-refractivity contribution in [1.82, 2.24) is 0 Å². The Morgan fingerprint density at radius 1 is 1.06 bits per heavy atom. The smallest absolute Gasteiger partial charge is 0.418 e. The summed E-state index contributed by atoms with van der Waals surface area (Å²) < 4.78 is 29.9. The van der Waals surface area contributed by atoms with Crippen molar-refractivity contribution >= 4 is 23.4 Å². The van der Waals surface area contributed by atoms with Crippen molar-refractivity contribution in [1.29, 1.82) is 0 Å². The molecule has 2 aromatic rings. The van der Waals surface area contributed by atoms with E-state index in [4.69, 9.17) is 19.3 Å². The molecule has 1 amide bonds. The Labute approximate surface area is 186 Å². The maximum Gasteiger partial charge on any atom is 0.418 e. The van der Waals surface area contributed by atoms with Crippen molar-refractivity contribution in [2.45, 2.75) is 25.7 Å². The summed E-state index contributed by atoms with van der Waals surface area (Å²) in [7, 11) is 1.55. The van der Waals surface area contributed by atoms with Crippen molar-refractivity contribution in [2.75, 3.05) is 31.8 Å². The van der Waals surface area contributed by atoms with Crippen LogP contribution < -0.4 is 9.64 Å². The van der Waals surface area contributed by atoms with Gasteiger partial charge in [0.15, 0.2) is 0 Å². The molecular weight excluding hydrogens is 417 g/mol. The highest BCUT2D eigenvalue weighted by molar-refractivity contribution is 5.96. The molecule has 172 valence electrons. The fourth-order valence-corrected chi connectivity index (χ4v) is 3.98. The zero-order chi connectivity index (χ0) is 22.9. The molecule has 1 aliphatic rings. The number of hydrogen-bond acceptors (Lipinski definition) is 5. The molecule has 32 heavy (non-hydrogen) atoms. The highest BCUT2D eigenvalue weighted by atomic mass is 19.1. The van der Waals surface area contributed by atoms with E-state index in [0.717, 1.165) is 25.7 Å². The number of ether oxygens (including phenoxy) is 3. The van der Waals surface area contributed by atoms with E-state index in [1.54, 1.807) is 37.4 Å². The lowest BCUT2D eigenvalue weighted by Crippen LogP contribution is -2.30. The lowest BCUT2D eigenvalue weighted by molar-refractivity contribution is -0.142. The molecule has 1 saturated carbocycles. The predicted molar refractivity (Wildman–Crippen MR) is 117 cm³/mol. The number of carbonyl (C=O) groups is 2. The summed E-state index contributed by atoms with van der Waals surface area (Å²) in [5, 5.41) is 8.71. The number of benzene rings is 2. The maximum absolute atomic E-state index is 13.8. The number of methoxy groups -OCH3 is 1. The van der Waals surface area contributed by atoms with Crippen molar-refractivity contribution in [3.05, 3.63) is 54.3 Å². The van der Waals surface area contributed by atoms with E-state index in [-0.39, 0.29) is 25.0 Å². The predicted octanol–water partition coefficient (Wildman–Crippen LogP) is 5.02. The largest absolute Gasteiger partial charge is 0.497 e. The lowest BCUT2D eigenvalue weighted by atomic mass is 9.82. The van der Waals surface area contributed by atoms with Crippen LogP contribution in [-0.2, 0) is 14.3 Å².